The number of nitrogens with zero attached hydrogens (tertiary/aromatic N) is 2. The van der Waals surface area contributed by atoms with E-state index in [0.717, 1.165) is 25.5 Å². The van der Waals surface area contributed by atoms with Crippen LogP contribution in [0.2, 0.25) is 0 Å². The van der Waals surface area contributed by atoms with E-state index in [1.807, 2.05) is 0 Å². The van der Waals surface area contributed by atoms with Gasteiger partial charge in [0.05, 0.1) is 6.20 Å². The number of H-pyrrole nitrogens is 1. The molecule has 0 aliphatic carbocycles. The third-order valence-electron chi connectivity index (χ3n) is 3.55. The van der Waals surface area contributed by atoms with Gasteiger partial charge in [0.25, 0.3) is 11.5 Å². The molecule has 1 saturated heterocycles. The van der Waals surface area contributed by atoms with Crippen molar-refractivity contribution in [2.24, 2.45) is 0 Å². The van der Waals surface area contributed by atoms with E-state index in [0.29, 0.717) is 24.4 Å². The van der Waals surface area contributed by atoms with Crippen LogP contribution < -0.4 is 5.56 Å². The van der Waals surface area contributed by atoms with Crippen LogP contribution in [0.1, 0.15) is 34.5 Å². The highest BCUT2D eigenvalue weighted by atomic mass is 32.1. The van der Waals surface area contributed by atoms with Crippen molar-refractivity contribution in [3.63, 3.8) is 0 Å². The molecule has 3 heterocycles. The van der Waals surface area contributed by atoms with Gasteiger partial charge in [-0.25, -0.2) is 4.98 Å². The molecule has 0 radical (unpaired) electrons. The summed E-state index contributed by atoms with van der Waals surface area (Å²) in [6.45, 7) is 0.905. The molecule has 0 spiro atoms. The molecule has 5 nitrogen and oxygen atoms in total. The monoisotopic (exact) mass is 331 g/mol. The first kappa shape index (κ1) is 15.0. The highest BCUT2D eigenvalue weighted by Gasteiger charge is 2.41. The molecule has 22 heavy (non-hydrogen) atoms. The molecule has 1 N–H and O–H groups in total. The van der Waals surface area contributed by atoms with Gasteiger partial charge in [0.2, 0.25) is 0 Å². The summed E-state index contributed by atoms with van der Waals surface area (Å²) in [5.41, 5.74) is -2.03. The third kappa shape index (κ3) is 2.60. The second-order valence-electron chi connectivity index (χ2n) is 5.08. The lowest BCUT2D eigenvalue weighted by Crippen LogP contribution is -2.36. The van der Waals surface area contributed by atoms with Crippen molar-refractivity contribution < 1.29 is 18.0 Å². The molecule has 0 saturated carbocycles. The van der Waals surface area contributed by atoms with E-state index in [9.17, 15) is 22.8 Å². The van der Waals surface area contributed by atoms with Gasteiger partial charge >= 0.3 is 6.18 Å². The Bertz CT molecular complexity index is 775. The largest absolute Gasteiger partial charge is 0.420 e. The SMILES string of the molecule is O=C(c1sc2[nH]c(=O)cnc2c1C(F)(F)F)N1CCCCC1. The summed E-state index contributed by atoms with van der Waals surface area (Å²) in [7, 11) is 0. The molecule has 0 atom stereocenters. The number of aromatic nitrogens is 2. The number of piperidine rings is 1. The minimum Gasteiger partial charge on any atom is -0.338 e. The molecule has 9 heteroatoms. The van der Waals surface area contributed by atoms with Crippen LogP contribution in [0, 0.1) is 0 Å². The average molecular weight is 331 g/mol. The van der Waals surface area contributed by atoms with Crippen molar-refractivity contribution in [2.45, 2.75) is 25.4 Å². The van der Waals surface area contributed by atoms with Gasteiger partial charge in [-0.1, -0.05) is 0 Å². The number of carbonyl (C=O) groups is 1. The fraction of sp³-hybridized carbons (Fsp3) is 0.462. The zero-order valence-electron chi connectivity index (χ0n) is 11.4. The summed E-state index contributed by atoms with van der Waals surface area (Å²) in [5.74, 6) is -0.643. The molecule has 0 bridgehead atoms. The van der Waals surface area contributed by atoms with Gasteiger partial charge in [-0.15, -0.1) is 11.3 Å². The number of amides is 1. The Kier molecular flexibility index (Phi) is 3.67. The molecule has 118 valence electrons. The first-order valence-corrected chi connectivity index (χ1v) is 7.58. The molecule has 2 aromatic rings. The van der Waals surface area contributed by atoms with Crippen LogP contribution in [-0.4, -0.2) is 33.9 Å². The van der Waals surface area contributed by atoms with E-state index < -0.39 is 28.1 Å². The van der Waals surface area contributed by atoms with Crippen molar-refractivity contribution in [1.29, 1.82) is 0 Å². The van der Waals surface area contributed by atoms with Crippen molar-refractivity contribution in [2.75, 3.05) is 13.1 Å². The highest BCUT2D eigenvalue weighted by molar-refractivity contribution is 7.20. The lowest BCUT2D eigenvalue weighted by Gasteiger charge is -2.26. The van der Waals surface area contributed by atoms with Gasteiger partial charge in [0.1, 0.15) is 20.8 Å². The summed E-state index contributed by atoms with van der Waals surface area (Å²) in [6, 6.07) is 0. The number of thiophene rings is 1. The number of hydrogen-bond donors (Lipinski definition) is 1. The quantitative estimate of drug-likeness (QED) is 0.873. The number of nitrogens with one attached hydrogen (secondary N) is 1. The Balaban J connectivity index is 2.15. The molecule has 1 fully saturated rings. The standard InChI is InChI=1S/C13H12F3N3O2S/c14-13(15,16)8-9-11(18-7(20)6-17-9)22-10(8)12(21)19-4-2-1-3-5-19/h6H,1-5H2,(H,18,20). The van der Waals surface area contributed by atoms with Gasteiger partial charge in [0, 0.05) is 13.1 Å². The first-order valence-electron chi connectivity index (χ1n) is 6.76. The number of likely N-dealkylation sites (tertiary alicyclic amines) is 1. The maximum Gasteiger partial charge on any atom is 0.420 e. The molecular formula is C13H12F3N3O2S. The van der Waals surface area contributed by atoms with Crippen LogP contribution in [0.25, 0.3) is 10.3 Å². The molecule has 1 aliphatic heterocycles. The average Bonchev–Trinajstić information content (AvgIpc) is 2.85. The fourth-order valence-corrected chi connectivity index (χ4v) is 3.69. The van der Waals surface area contributed by atoms with Crippen molar-refractivity contribution >= 4 is 27.6 Å². The Morgan fingerprint density at radius 1 is 1.27 bits per heavy atom. The zero-order valence-corrected chi connectivity index (χ0v) is 12.2. The normalized spacial score (nSPS) is 16.2. The van der Waals surface area contributed by atoms with E-state index in [4.69, 9.17) is 0 Å². The highest BCUT2D eigenvalue weighted by Crippen LogP contribution is 2.41. The van der Waals surface area contributed by atoms with Crippen LogP contribution in [0.4, 0.5) is 13.2 Å². The number of alkyl halides is 3. The van der Waals surface area contributed by atoms with Crippen LogP contribution in [0.5, 0.6) is 0 Å². The fourth-order valence-electron chi connectivity index (χ4n) is 2.55. The number of fused-ring (bicyclic) bond motifs is 1. The Hall–Kier alpha value is -1.90. The molecule has 1 aliphatic rings. The van der Waals surface area contributed by atoms with Gasteiger partial charge in [-0.05, 0) is 19.3 Å². The topological polar surface area (TPSA) is 66.1 Å². The molecular weight excluding hydrogens is 319 g/mol. The zero-order chi connectivity index (χ0) is 15.9. The molecule has 3 rings (SSSR count). The maximum atomic E-state index is 13.3. The van der Waals surface area contributed by atoms with Crippen LogP contribution in [-0.2, 0) is 6.18 Å². The van der Waals surface area contributed by atoms with E-state index >= 15 is 0 Å². The Morgan fingerprint density at radius 2 is 1.95 bits per heavy atom. The van der Waals surface area contributed by atoms with Gasteiger partial charge in [-0.2, -0.15) is 13.2 Å². The van der Waals surface area contributed by atoms with Crippen LogP contribution in [0.3, 0.4) is 0 Å². The van der Waals surface area contributed by atoms with Gasteiger partial charge < -0.3 is 9.88 Å². The summed E-state index contributed by atoms with van der Waals surface area (Å²) in [4.78, 5) is 30.6. The van der Waals surface area contributed by atoms with Crippen LogP contribution in [0.15, 0.2) is 11.0 Å². The molecule has 0 unspecified atom stereocenters. The maximum absolute atomic E-state index is 13.3. The number of halogens is 3. The number of aromatic amines is 1. The second-order valence-corrected chi connectivity index (χ2v) is 6.10. The smallest absolute Gasteiger partial charge is 0.338 e. The van der Waals surface area contributed by atoms with E-state index in [1.165, 1.54) is 4.90 Å². The predicted octanol–water partition coefficient (Wildman–Crippen LogP) is 2.63. The van der Waals surface area contributed by atoms with E-state index in [2.05, 4.69) is 9.97 Å². The first-order chi connectivity index (χ1) is 10.4. The summed E-state index contributed by atoms with van der Waals surface area (Å²) in [5, 5.41) is 0. The van der Waals surface area contributed by atoms with Crippen molar-refractivity contribution in [1.82, 2.24) is 14.9 Å². The number of carbonyl (C=O) groups excluding carboxylic acids is 1. The number of rotatable bonds is 1. The Morgan fingerprint density at radius 3 is 2.59 bits per heavy atom. The van der Waals surface area contributed by atoms with Gasteiger partial charge in [0.15, 0.2) is 0 Å². The molecule has 0 aromatic carbocycles. The third-order valence-corrected chi connectivity index (χ3v) is 4.63. The van der Waals surface area contributed by atoms with Gasteiger partial charge in [-0.3, -0.25) is 9.59 Å². The molecule has 1 amide bonds. The van der Waals surface area contributed by atoms with Crippen molar-refractivity contribution in [3.05, 3.63) is 27.0 Å². The summed E-state index contributed by atoms with van der Waals surface area (Å²) >= 11 is 0.637. The van der Waals surface area contributed by atoms with Crippen molar-refractivity contribution in [3.8, 4) is 0 Å². The Labute approximate surface area is 126 Å². The minimum atomic E-state index is -4.70. The minimum absolute atomic E-state index is 0.0276. The second kappa shape index (κ2) is 5.38. The van der Waals surface area contributed by atoms with E-state index in [1.54, 1.807) is 0 Å². The predicted molar refractivity (Wildman–Crippen MR) is 75.0 cm³/mol. The van der Waals surface area contributed by atoms with E-state index in [-0.39, 0.29) is 10.3 Å². The lowest BCUT2D eigenvalue weighted by atomic mass is 10.1. The van der Waals surface area contributed by atoms with Crippen LogP contribution >= 0.6 is 11.3 Å². The molecule has 2 aromatic heterocycles. The summed E-state index contributed by atoms with van der Waals surface area (Å²) < 4.78 is 40.0. The summed E-state index contributed by atoms with van der Waals surface area (Å²) in [6.07, 6.45) is -1.37. The lowest BCUT2D eigenvalue weighted by molar-refractivity contribution is -0.136. The number of hydrogen-bond acceptors (Lipinski definition) is 4.